The lowest BCUT2D eigenvalue weighted by atomic mass is 10.1. The van der Waals surface area contributed by atoms with Gasteiger partial charge in [0.1, 0.15) is 5.82 Å². The van der Waals surface area contributed by atoms with Gasteiger partial charge in [0, 0.05) is 6.42 Å². The monoisotopic (exact) mass is 312 g/mol. The molecule has 0 aliphatic heterocycles. The maximum absolute atomic E-state index is 13.0. The number of rotatable bonds is 3. The van der Waals surface area contributed by atoms with Crippen LogP contribution in [0.2, 0.25) is 0 Å². The normalized spacial score (nSPS) is 11.4. The van der Waals surface area contributed by atoms with Crippen LogP contribution in [0.5, 0.6) is 0 Å². The number of nitrogens with one attached hydrogen (secondary N) is 1. The molecule has 0 spiro atoms. The number of aryl methyl sites for hydroxylation is 1. The van der Waals surface area contributed by atoms with E-state index in [9.17, 15) is 13.2 Å². The first-order chi connectivity index (χ1) is 9.88. The molecule has 21 heavy (non-hydrogen) atoms. The number of halogens is 3. The Hall–Kier alpha value is -2.14. The van der Waals surface area contributed by atoms with E-state index in [0.717, 1.165) is 18.6 Å². The summed E-state index contributed by atoms with van der Waals surface area (Å²) in [6, 6.07) is 5.04. The van der Waals surface area contributed by atoms with E-state index in [1.165, 1.54) is 10.6 Å². The number of hydrogen-bond acceptors (Lipinski definition) is 3. The van der Waals surface area contributed by atoms with Crippen LogP contribution in [-0.2, 0) is 12.6 Å². The number of aromatic nitrogens is 3. The molecular weight excluding hydrogens is 301 g/mol. The molecule has 0 unspecified atom stereocenters. The largest absolute Gasteiger partial charge is 0.417 e. The van der Waals surface area contributed by atoms with Crippen molar-refractivity contribution in [1.29, 1.82) is 5.26 Å². The van der Waals surface area contributed by atoms with Gasteiger partial charge in [-0.3, -0.25) is 9.67 Å². The third-order valence-electron chi connectivity index (χ3n) is 2.90. The molecule has 0 saturated heterocycles. The van der Waals surface area contributed by atoms with Gasteiger partial charge < -0.3 is 0 Å². The maximum atomic E-state index is 13.0. The van der Waals surface area contributed by atoms with Gasteiger partial charge in [-0.15, -0.1) is 0 Å². The first-order valence-electron chi connectivity index (χ1n) is 6.16. The zero-order chi connectivity index (χ0) is 15.6. The van der Waals surface area contributed by atoms with Gasteiger partial charge in [0.2, 0.25) is 0 Å². The van der Waals surface area contributed by atoms with E-state index in [1.54, 1.807) is 6.07 Å². The van der Waals surface area contributed by atoms with Crippen molar-refractivity contribution in [3.05, 3.63) is 39.9 Å². The van der Waals surface area contributed by atoms with Crippen LogP contribution in [0.15, 0.2) is 18.2 Å². The van der Waals surface area contributed by atoms with Crippen molar-refractivity contribution in [3.8, 4) is 11.8 Å². The van der Waals surface area contributed by atoms with E-state index >= 15 is 0 Å². The highest BCUT2D eigenvalue weighted by atomic mass is 32.1. The van der Waals surface area contributed by atoms with Crippen LogP contribution in [0.3, 0.4) is 0 Å². The Morgan fingerprint density at radius 3 is 2.71 bits per heavy atom. The highest BCUT2D eigenvalue weighted by Gasteiger charge is 2.34. The molecule has 0 atom stereocenters. The predicted octanol–water partition coefficient (Wildman–Crippen LogP) is 3.77. The average Bonchev–Trinajstić information content (AvgIpc) is 2.79. The summed E-state index contributed by atoms with van der Waals surface area (Å²) >= 11 is 5.07. The van der Waals surface area contributed by atoms with E-state index < -0.39 is 17.3 Å². The number of nitriles is 1. The molecule has 0 radical (unpaired) electrons. The summed E-state index contributed by atoms with van der Waals surface area (Å²) in [5.41, 5.74) is -1.16. The molecule has 2 aromatic rings. The Balaban J connectivity index is 2.65. The van der Waals surface area contributed by atoms with E-state index in [-0.39, 0.29) is 10.5 Å². The van der Waals surface area contributed by atoms with Crippen LogP contribution in [-0.4, -0.2) is 14.8 Å². The number of hydrogen-bond donors (Lipinski definition) is 1. The van der Waals surface area contributed by atoms with Gasteiger partial charge in [-0.2, -0.15) is 23.5 Å². The van der Waals surface area contributed by atoms with Crippen molar-refractivity contribution in [2.75, 3.05) is 0 Å². The molecule has 0 aliphatic carbocycles. The lowest BCUT2D eigenvalue weighted by molar-refractivity contribution is -0.137. The Morgan fingerprint density at radius 2 is 2.14 bits per heavy atom. The highest BCUT2D eigenvalue weighted by molar-refractivity contribution is 7.71. The fourth-order valence-electron chi connectivity index (χ4n) is 1.99. The molecule has 0 saturated carbocycles. The summed E-state index contributed by atoms with van der Waals surface area (Å²) in [5, 5.41) is 15.4. The molecule has 1 N–H and O–H groups in total. The lowest BCUT2D eigenvalue weighted by Crippen LogP contribution is -2.10. The minimum atomic E-state index is -4.60. The Labute approximate surface area is 123 Å². The van der Waals surface area contributed by atoms with Crippen molar-refractivity contribution in [3.63, 3.8) is 0 Å². The molecule has 0 fully saturated rings. The number of H-pyrrole nitrogens is 1. The van der Waals surface area contributed by atoms with Gasteiger partial charge in [-0.1, -0.05) is 6.92 Å². The Kier molecular flexibility index (Phi) is 4.14. The van der Waals surface area contributed by atoms with Crippen molar-refractivity contribution in [1.82, 2.24) is 14.8 Å². The molecule has 1 aromatic carbocycles. The quantitative estimate of drug-likeness (QED) is 0.878. The van der Waals surface area contributed by atoms with Gasteiger partial charge in [-0.05, 0) is 36.8 Å². The number of benzene rings is 1. The minimum Gasteiger partial charge on any atom is -0.272 e. The van der Waals surface area contributed by atoms with Crippen molar-refractivity contribution in [2.45, 2.75) is 25.9 Å². The maximum Gasteiger partial charge on any atom is 0.417 e. The molecular formula is C13H11F3N4S. The second kappa shape index (κ2) is 5.69. The SMILES string of the molecule is CCCc1n[nH]c(=S)n1-c1ccc(C#N)c(C(F)(F)F)c1. The number of nitrogens with zero attached hydrogens (tertiary/aromatic N) is 3. The predicted molar refractivity (Wildman–Crippen MR) is 72.5 cm³/mol. The van der Waals surface area contributed by atoms with Crippen LogP contribution >= 0.6 is 12.2 Å². The third-order valence-corrected chi connectivity index (χ3v) is 3.18. The van der Waals surface area contributed by atoms with Gasteiger partial charge >= 0.3 is 6.18 Å². The molecule has 4 nitrogen and oxygen atoms in total. The summed E-state index contributed by atoms with van der Waals surface area (Å²) in [7, 11) is 0. The van der Waals surface area contributed by atoms with E-state index in [0.29, 0.717) is 12.2 Å². The van der Waals surface area contributed by atoms with Gasteiger partial charge in [0.05, 0.1) is 22.9 Å². The summed E-state index contributed by atoms with van der Waals surface area (Å²) in [6.07, 6.45) is -3.24. The summed E-state index contributed by atoms with van der Waals surface area (Å²) in [5.74, 6) is 0.556. The van der Waals surface area contributed by atoms with Crippen molar-refractivity contribution < 1.29 is 13.2 Å². The fourth-order valence-corrected chi connectivity index (χ4v) is 2.25. The number of alkyl halides is 3. The molecule has 0 amide bonds. The van der Waals surface area contributed by atoms with Crippen LogP contribution in [0.25, 0.3) is 5.69 Å². The standard InChI is InChI=1S/C13H11F3N4S/c1-2-3-11-18-19-12(21)20(11)9-5-4-8(7-17)10(6-9)13(14,15)16/h4-6H,2-3H2,1H3,(H,19,21). The molecule has 8 heteroatoms. The van der Waals surface area contributed by atoms with Gasteiger partial charge in [-0.25, -0.2) is 0 Å². The van der Waals surface area contributed by atoms with Crippen molar-refractivity contribution in [2.24, 2.45) is 0 Å². The van der Waals surface area contributed by atoms with Crippen LogP contribution in [0.4, 0.5) is 13.2 Å². The smallest absolute Gasteiger partial charge is 0.272 e. The molecule has 1 aromatic heterocycles. The van der Waals surface area contributed by atoms with Gasteiger partial charge in [0.25, 0.3) is 0 Å². The lowest BCUT2D eigenvalue weighted by Gasteiger charge is -2.12. The topological polar surface area (TPSA) is 57.4 Å². The number of aromatic amines is 1. The zero-order valence-corrected chi connectivity index (χ0v) is 11.8. The first-order valence-corrected chi connectivity index (χ1v) is 6.57. The zero-order valence-electron chi connectivity index (χ0n) is 11.0. The summed E-state index contributed by atoms with van der Waals surface area (Å²) in [4.78, 5) is 0. The molecule has 0 bridgehead atoms. The highest BCUT2D eigenvalue weighted by Crippen LogP contribution is 2.33. The summed E-state index contributed by atoms with van der Waals surface area (Å²) < 4.78 is 40.7. The molecule has 1 heterocycles. The van der Waals surface area contributed by atoms with Gasteiger partial charge in [0.15, 0.2) is 4.77 Å². The Morgan fingerprint density at radius 1 is 1.43 bits per heavy atom. The molecule has 2 rings (SSSR count). The van der Waals surface area contributed by atoms with Crippen LogP contribution in [0, 0.1) is 16.1 Å². The molecule has 110 valence electrons. The average molecular weight is 312 g/mol. The van der Waals surface area contributed by atoms with Crippen LogP contribution < -0.4 is 0 Å². The second-order valence-corrected chi connectivity index (χ2v) is 4.76. The minimum absolute atomic E-state index is 0.219. The van der Waals surface area contributed by atoms with E-state index in [1.807, 2.05) is 6.92 Å². The van der Waals surface area contributed by atoms with E-state index in [4.69, 9.17) is 17.5 Å². The summed E-state index contributed by atoms with van der Waals surface area (Å²) in [6.45, 7) is 1.93. The second-order valence-electron chi connectivity index (χ2n) is 4.37. The first kappa shape index (κ1) is 15.3. The fraction of sp³-hybridized carbons (Fsp3) is 0.308. The third kappa shape index (κ3) is 2.97. The van der Waals surface area contributed by atoms with E-state index in [2.05, 4.69) is 10.2 Å². The molecule has 0 aliphatic rings. The van der Waals surface area contributed by atoms with Crippen LogP contribution in [0.1, 0.15) is 30.3 Å². The van der Waals surface area contributed by atoms with Crippen molar-refractivity contribution >= 4 is 12.2 Å². The Bertz CT molecular complexity index is 752.